The molecular formula is C21H33N5O2. The summed E-state index contributed by atoms with van der Waals surface area (Å²) < 4.78 is 0. The van der Waals surface area contributed by atoms with Crippen LogP contribution in [-0.4, -0.2) is 62.4 Å². The third-order valence-electron chi connectivity index (χ3n) is 4.81. The average molecular weight is 388 g/mol. The maximum Gasteiger partial charge on any atom is 0.223 e. The number of rotatable bonds is 10. The molecule has 1 aliphatic rings. The molecule has 0 radical (unpaired) electrons. The van der Waals surface area contributed by atoms with E-state index in [2.05, 4.69) is 33.1 Å². The Hall–Kier alpha value is -2.57. The summed E-state index contributed by atoms with van der Waals surface area (Å²) in [5.41, 5.74) is 1.25. The molecule has 7 heteroatoms. The minimum Gasteiger partial charge on any atom is -0.356 e. The Morgan fingerprint density at radius 3 is 2.68 bits per heavy atom. The molecule has 1 atom stereocenters. The van der Waals surface area contributed by atoms with Crippen LogP contribution in [0, 0.1) is 5.92 Å². The minimum absolute atomic E-state index is 0.0419. The van der Waals surface area contributed by atoms with Gasteiger partial charge in [0.05, 0.1) is 0 Å². The standard InChI is InChI=1S/C21H33N5O2/c1-3-11-23-19(27)9-12-24-21(22-2)25-15-18-14-20(28)26(16-18)13-10-17-7-5-4-6-8-17/h4-8,18H,3,9-16H2,1-2H3,(H,23,27)(H2,22,24,25). The number of nitrogens with one attached hydrogen (secondary N) is 3. The first-order valence-corrected chi connectivity index (χ1v) is 10.1. The number of carbonyl (C=O) groups is 2. The fraction of sp³-hybridized carbons (Fsp3) is 0.571. The quantitative estimate of drug-likeness (QED) is 0.415. The van der Waals surface area contributed by atoms with Crippen molar-refractivity contribution in [3.8, 4) is 0 Å². The van der Waals surface area contributed by atoms with Crippen molar-refractivity contribution in [3.63, 3.8) is 0 Å². The van der Waals surface area contributed by atoms with Crippen LogP contribution in [0.25, 0.3) is 0 Å². The topological polar surface area (TPSA) is 85.8 Å². The maximum atomic E-state index is 12.3. The van der Waals surface area contributed by atoms with Gasteiger partial charge in [-0.05, 0) is 18.4 Å². The largest absolute Gasteiger partial charge is 0.356 e. The first-order chi connectivity index (χ1) is 13.6. The van der Waals surface area contributed by atoms with Crippen LogP contribution in [0.15, 0.2) is 35.3 Å². The van der Waals surface area contributed by atoms with E-state index in [0.717, 1.165) is 25.9 Å². The molecular weight excluding hydrogens is 354 g/mol. The summed E-state index contributed by atoms with van der Waals surface area (Å²) in [4.78, 5) is 30.0. The van der Waals surface area contributed by atoms with Gasteiger partial charge in [0.15, 0.2) is 5.96 Å². The van der Waals surface area contributed by atoms with Crippen molar-refractivity contribution in [3.05, 3.63) is 35.9 Å². The van der Waals surface area contributed by atoms with Gasteiger partial charge < -0.3 is 20.9 Å². The Morgan fingerprint density at radius 2 is 1.96 bits per heavy atom. The van der Waals surface area contributed by atoms with Crippen LogP contribution >= 0.6 is 0 Å². The van der Waals surface area contributed by atoms with Gasteiger partial charge in [0, 0.05) is 58.5 Å². The molecule has 0 aliphatic carbocycles. The molecule has 7 nitrogen and oxygen atoms in total. The van der Waals surface area contributed by atoms with E-state index >= 15 is 0 Å². The van der Waals surface area contributed by atoms with Gasteiger partial charge in [0.2, 0.25) is 11.8 Å². The lowest BCUT2D eigenvalue weighted by molar-refractivity contribution is -0.127. The molecule has 1 aromatic carbocycles. The van der Waals surface area contributed by atoms with E-state index in [9.17, 15) is 9.59 Å². The molecule has 0 aromatic heterocycles. The fourth-order valence-corrected chi connectivity index (χ4v) is 3.22. The molecule has 28 heavy (non-hydrogen) atoms. The zero-order valence-electron chi connectivity index (χ0n) is 17.0. The molecule has 154 valence electrons. The van der Waals surface area contributed by atoms with Crippen LogP contribution < -0.4 is 16.0 Å². The molecule has 0 spiro atoms. The van der Waals surface area contributed by atoms with Crippen LogP contribution in [-0.2, 0) is 16.0 Å². The first kappa shape index (κ1) is 21.7. The van der Waals surface area contributed by atoms with Crippen molar-refractivity contribution in [1.29, 1.82) is 0 Å². The highest BCUT2D eigenvalue weighted by molar-refractivity contribution is 5.82. The van der Waals surface area contributed by atoms with E-state index in [1.807, 2.05) is 30.0 Å². The highest BCUT2D eigenvalue weighted by Crippen LogP contribution is 2.17. The van der Waals surface area contributed by atoms with Crippen molar-refractivity contribution < 1.29 is 9.59 Å². The van der Waals surface area contributed by atoms with Gasteiger partial charge in [-0.2, -0.15) is 0 Å². The third kappa shape index (κ3) is 7.58. The van der Waals surface area contributed by atoms with Gasteiger partial charge in [0.25, 0.3) is 0 Å². The summed E-state index contributed by atoms with van der Waals surface area (Å²) >= 11 is 0. The summed E-state index contributed by atoms with van der Waals surface area (Å²) in [5, 5.41) is 9.27. The van der Waals surface area contributed by atoms with Crippen molar-refractivity contribution in [2.24, 2.45) is 10.9 Å². The van der Waals surface area contributed by atoms with Crippen molar-refractivity contribution in [1.82, 2.24) is 20.9 Å². The van der Waals surface area contributed by atoms with Gasteiger partial charge in [-0.1, -0.05) is 37.3 Å². The molecule has 0 saturated carbocycles. The maximum absolute atomic E-state index is 12.3. The number of amides is 2. The lowest BCUT2D eigenvalue weighted by Crippen LogP contribution is -2.41. The van der Waals surface area contributed by atoms with Gasteiger partial charge in [-0.15, -0.1) is 0 Å². The van der Waals surface area contributed by atoms with Crippen molar-refractivity contribution >= 4 is 17.8 Å². The SMILES string of the molecule is CCCNC(=O)CCNC(=NC)NCC1CC(=O)N(CCc2ccccc2)C1. The third-order valence-corrected chi connectivity index (χ3v) is 4.81. The normalized spacial score (nSPS) is 16.9. The first-order valence-electron chi connectivity index (χ1n) is 10.1. The van der Waals surface area contributed by atoms with Gasteiger partial charge in [0.1, 0.15) is 0 Å². The summed E-state index contributed by atoms with van der Waals surface area (Å²) in [6.45, 7) is 5.49. The Kier molecular flexibility index (Phi) is 9.31. The molecule has 2 rings (SSSR count). The van der Waals surface area contributed by atoms with Crippen molar-refractivity contribution in [2.45, 2.75) is 32.6 Å². The Labute approximate surface area is 168 Å². The second-order valence-electron chi connectivity index (χ2n) is 7.13. The molecule has 1 fully saturated rings. The second-order valence-corrected chi connectivity index (χ2v) is 7.13. The fourth-order valence-electron chi connectivity index (χ4n) is 3.22. The number of benzene rings is 1. The number of hydrogen-bond donors (Lipinski definition) is 3. The lowest BCUT2D eigenvalue weighted by atomic mass is 10.1. The van der Waals surface area contributed by atoms with Gasteiger partial charge >= 0.3 is 0 Å². The highest BCUT2D eigenvalue weighted by Gasteiger charge is 2.29. The molecule has 1 unspecified atom stereocenters. The number of likely N-dealkylation sites (tertiary alicyclic amines) is 1. The average Bonchev–Trinajstić information content (AvgIpc) is 3.07. The van der Waals surface area contributed by atoms with E-state index in [4.69, 9.17) is 0 Å². The van der Waals surface area contributed by atoms with Crippen molar-refractivity contribution in [2.75, 3.05) is 39.8 Å². The Bertz CT molecular complexity index is 647. The van der Waals surface area contributed by atoms with Crippen LogP contribution in [0.4, 0.5) is 0 Å². The molecule has 0 bridgehead atoms. The van der Waals surface area contributed by atoms with E-state index in [-0.39, 0.29) is 17.7 Å². The lowest BCUT2D eigenvalue weighted by Gasteiger charge is -2.18. The van der Waals surface area contributed by atoms with Gasteiger partial charge in [-0.3, -0.25) is 14.6 Å². The van der Waals surface area contributed by atoms with E-state index in [1.54, 1.807) is 7.05 Å². The molecule has 2 amide bonds. The predicted molar refractivity (Wildman–Crippen MR) is 112 cm³/mol. The van der Waals surface area contributed by atoms with Crippen LogP contribution in [0.3, 0.4) is 0 Å². The molecule has 1 saturated heterocycles. The van der Waals surface area contributed by atoms with Crippen LogP contribution in [0.2, 0.25) is 0 Å². The number of carbonyl (C=O) groups excluding carboxylic acids is 2. The number of aliphatic imine (C=N–C) groups is 1. The zero-order chi connectivity index (χ0) is 20.2. The van der Waals surface area contributed by atoms with Gasteiger partial charge in [-0.25, -0.2) is 0 Å². The Balaban J connectivity index is 1.66. The number of hydrogen-bond acceptors (Lipinski definition) is 3. The zero-order valence-corrected chi connectivity index (χ0v) is 17.0. The van der Waals surface area contributed by atoms with Crippen LogP contribution in [0.5, 0.6) is 0 Å². The molecule has 3 N–H and O–H groups in total. The molecule has 1 aromatic rings. The number of guanidine groups is 1. The summed E-state index contributed by atoms with van der Waals surface area (Å²) in [6, 6.07) is 10.3. The molecule has 1 aliphatic heterocycles. The summed E-state index contributed by atoms with van der Waals surface area (Å²) in [6.07, 6.45) is 2.80. The summed E-state index contributed by atoms with van der Waals surface area (Å²) in [5.74, 6) is 1.20. The predicted octanol–water partition coefficient (Wildman–Crippen LogP) is 1.16. The van der Waals surface area contributed by atoms with Crippen LogP contribution in [0.1, 0.15) is 31.7 Å². The molecule has 1 heterocycles. The smallest absolute Gasteiger partial charge is 0.223 e. The number of nitrogens with zero attached hydrogens (tertiary/aromatic N) is 2. The Morgan fingerprint density at radius 1 is 1.18 bits per heavy atom. The van der Waals surface area contributed by atoms with E-state index in [0.29, 0.717) is 38.4 Å². The van der Waals surface area contributed by atoms with E-state index < -0.39 is 0 Å². The second kappa shape index (κ2) is 12.0. The summed E-state index contributed by atoms with van der Waals surface area (Å²) in [7, 11) is 1.71. The van der Waals surface area contributed by atoms with E-state index in [1.165, 1.54) is 5.56 Å². The minimum atomic E-state index is 0.0419. The monoisotopic (exact) mass is 387 g/mol. The highest BCUT2D eigenvalue weighted by atomic mass is 16.2.